The molecule has 0 aliphatic carbocycles. The monoisotopic (exact) mass is 308 g/mol. The van der Waals surface area contributed by atoms with E-state index in [1.165, 1.54) is 10.9 Å². The average Bonchev–Trinajstić information content (AvgIpc) is 2.91. The Morgan fingerprint density at radius 3 is 2.50 bits per heavy atom. The van der Waals surface area contributed by atoms with Crippen LogP contribution in [0.4, 0.5) is 8.78 Å². The van der Waals surface area contributed by atoms with E-state index in [4.69, 9.17) is 0 Å². The van der Waals surface area contributed by atoms with Crippen LogP contribution in [0.15, 0.2) is 18.7 Å². The van der Waals surface area contributed by atoms with Crippen LogP contribution in [0.3, 0.4) is 0 Å². The predicted octanol–water partition coefficient (Wildman–Crippen LogP) is 1.31. The second kappa shape index (κ2) is 6.45. The molecule has 0 atom stereocenters. The van der Waals surface area contributed by atoms with Crippen LogP contribution >= 0.6 is 0 Å². The molecule has 1 N–H and O–H groups in total. The predicted molar refractivity (Wildman–Crippen MR) is 77.0 cm³/mol. The second-order valence-corrected chi connectivity index (χ2v) is 5.30. The zero-order chi connectivity index (χ0) is 15.5. The van der Waals surface area contributed by atoms with Crippen molar-refractivity contribution in [1.29, 1.82) is 0 Å². The Morgan fingerprint density at radius 2 is 1.86 bits per heavy atom. The number of piperazine rings is 1. The third-order valence-corrected chi connectivity index (χ3v) is 3.73. The van der Waals surface area contributed by atoms with Crippen LogP contribution in [0, 0.1) is 6.92 Å². The molecule has 6 nitrogen and oxygen atoms in total. The molecule has 3 rings (SSSR count). The van der Waals surface area contributed by atoms with Crippen LogP contribution in [-0.2, 0) is 6.54 Å². The summed E-state index contributed by atoms with van der Waals surface area (Å²) >= 11 is 0. The largest absolute Gasteiger partial charge is 0.314 e. The minimum absolute atomic E-state index is 0.158. The number of hydrogen-bond acceptors (Lipinski definition) is 5. The number of aryl methyl sites for hydroxylation is 1. The first-order chi connectivity index (χ1) is 10.6. The van der Waals surface area contributed by atoms with Crippen molar-refractivity contribution in [3.63, 3.8) is 0 Å². The Kier molecular flexibility index (Phi) is 4.39. The van der Waals surface area contributed by atoms with Gasteiger partial charge < -0.3 is 5.32 Å². The Morgan fingerprint density at radius 1 is 1.18 bits per heavy atom. The molecular weight excluding hydrogens is 290 g/mol. The molecule has 1 fully saturated rings. The molecule has 0 amide bonds. The number of halogens is 2. The van der Waals surface area contributed by atoms with Crippen molar-refractivity contribution in [2.45, 2.75) is 19.9 Å². The van der Waals surface area contributed by atoms with Gasteiger partial charge in [0.15, 0.2) is 0 Å². The first-order valence-electron chi connectivity index (χ1n) is 7.21. The lowest BCUT2D eigenvalue weighted by atomic mass is 10.3. The van der Waals surface area contributed by atoms with Crippen LogP contribution in [0.1, 0.15) is 23.4 Å². The van der Waals surface area contributed by atoms with E-state index in [0.29, 0.717) is 5.69 Å². The molecular formula is C14H18F2N6. The summed E-state index contributed by atoms with van der Waals surface area (Å²) in [6, 6.07) is 0. The molecule has 0 radical (unpaired) electrons. The fraction of sp³-hybridized carbons (Fsp3) is 0.500. The Balaban J connectivity index is 1.76. The first kappa shape index (κ1) is 15.0. The van der Waals surface area contributed by atoms with Gasteiger partial charge in [0.25, 0.3) is 6.43 Å². The van der Waals surface area contributed by atoms with Crippen molar-refractivity contribution >= 4 is 0 Å². The number of rotatable bonds is 4. The Labute approximate surface area is 127 Å². The molecule has 0 unspecified atom stereocenters. The van der Waals surface area contributed by atoms with E-state index in [1.54, 1.807) is 19.3 Å². The standard InChI is InChI=1S/C14H18F2N6/c1-10-12(13(15)16)22(9-20-10)14-18-6-11(7-19-14)8-21-4-2-17-3-5-21/h6-7,9,13,17H,2-5,8H2,1H3. The average molecular weight is 308 g/mol. The summed E-state index contributed by atoms with van der Waals surface area (Å²) in [5, 5.41) is 3.30. The quantitative estimate of drug-likeness (QED) is 0.923. The highest BCUT2D eigenvalue weighted by atomic mass is 19.3. The molecule has 2 aromatic heterocycles. The minimum atomic E-state index is -2.60. The second-order valence-electron chi connectivity index (χ2n) is 5.30. The third-order valence-electron chi connectivity index (χ3n) is 3.73. The van der Waals surface area contributed by atoms with Gasteiger partial charge in [-0.2, -0.15) is 0 Å². The van der Waals surface area contributed by atoms with Gasteiger partial charge in [0, 0.05) is 50.7 Å². The maximum atomic E-state index is 13.1. The van der Waals surface area contributed by atoms with Gasteiger partial charge in [-0.15, -0.1) is 0 Å². The summed E-state index contributed by atoms with van der Waals surface area (Å²) in [6.07, 6.45) is 2.11. The van der Waals surface area contributed by atoms with Gasteiger partial charge in [0.2, 0.25) is 5.95 Å². The molecule has 1 saturated heterocycles. The summed E-state index contributed by atoms with van der Waals surface area (Å²) in [5.74, 6) is 0.222. The van der Waals surface area contributed by atoms with Crippen molar-refractivity contribution < 1.29 is 8.78 Å². The highest BCUT2D eigenvalue weighted by molar-refractivity contribution is 5.24. The van der Waals surface area contributed by atoms with Crippen LogP contribution < -0.4 is 5.32 Å². The number of imidazole rings is 1. The number of nitrogens with zero attached hydrogens (tertiary/aromatic N) is 5. The molecule has 0 bridgehead atoms. The molecule has 1 aliphatic rings. The van der Waals surface area contributed by atoms with Gasteiger partial charge >= 0.3 is 0 Å². The fourth-order valence-electron chi connectivity index (χ4n) is 2.55. The Bertz CT molecular complexity index is 619. The normalized spacial score (nSPS) is 16.4. The van der Waals surface area contributed by atoms with Crippen molar-refractivity contribution in [2.24, 2.45) is 0 Å². The SMILES string of the molecule is Cc1ncn(-c2ncc(CN3CCNCC3)cn2)c1C(F)F. The summed E-state index contributed by atoms with van der Waals surface area (Å²) in [7, 11) is 0. The van der Waals surface area contributed by atoms with Crippen molar-refractivity contribution in [3.05, 3.63) is 35.7 Å². The summed E-state index contributed by atoms with van der Waals surface area (Å²) in [4.78, 5) is 14.6. The van der Waals surface area contributed by atoms with Crippen LogP contribution in [-0.4, -0.2) is 50.6 Å². The fourth-order valence-corrected chi connectivity index (χ4v) is 2.55. The van der Waals surface area contributed by atoms with Gasteiger partial charge in [-0.25, -0.2) is 23.7 Å². The van der Waals surface area contributed by atoms with E-state index >= 15 is 0 Å². The topological polar surface area (TPSA) is 58.9 Å². The van der Waals surface area contributed by atoms with E-state index in [-0.39, 0.29) is 11.6 Å². The van der Waals surface area contributed by atoms with Gasteiger partial charge in [0.05, 0.1) is 5.69 Å². The summed E-state index contributed by atoms with van der Waals surface area (Å²) in [6.45, 7) is 6.25. The minimum Gasteiger partial charge on any atom is -0.314 e. The van der Waals surface area contributed by atoms with Crippen LogP contribution in [0.5, 0.6) is 0 Å². The highest BCUT2D eigenvalue weighted by Gasteiger charge is 2.19. The van der Waals surface area contributed by atoms with Gasteiger partial charge in [-0.3, -0.25) is 9.47 Å². The maximum Gasteiger partial charge on any atom is 0.280 e. The zero-order valence-corrected chi connectivity index (χ0v) is 12.3. The molecule has 1 aliphatic heterocycles. The molecule has 118 valence electrons. The zero-order valence-electron chi connectivity index (χ0n) is 12.3. The van der Waals surface area contributed by atoms with E-state index in [0.717, 1.165) is 38.3 Å². The molecule has 0 spiro atoms. The molecule has 2 aromatic rings. The van der Waals surface area contributed by atoms with E-state index in [2.05, 4.69) is 25.2 Å². The highest BCUT2D eigenvalue weighted by Crippen LogP contribution is 2.23. The van der Waals surface area contributed by atoms with E-state index < -0.39 is 6.43 Å². The maximum absolute atomic E-state index is 13.1. The molecule has 3 heterocycles. The third kappa shape index (κ3) is 3.12. The number of alkyl halides is 2. The van der Waals surface area contributed by atoms with Crippen LogP contribution in [0.2, 0.25) is 0 Å². The number of nitrogens with one attached hydrogen (secondary N) is 1. The van der Waals surface area contributed by atoms with E-state index in [1.807, 2.05) is 0 Å². The van der Waals surface area contributed by atoms with Gasteiger partial charge in [-0.1, -0.05) is 0 Å². The molecule has 0 saturated carbocycles. The van der Waals surface area contributed by atoms with E-state index in [9.17, 15) is 8.78 Å². The lowest BCUT2D eigenvalue weighted by molar-refractivity contribution is 0.143. The lowest BCUT2D eigenvalue weighted by Gasteiger charge is -2.26. The lowest BCUT2D eigenvalue weighted by Crippen LogP contribution is -2.42. The number of aromatic nitrogens is 4. The van der Waals surface area contributed by atoms with Gasteiger partial charge in [-0.05, 0) is 6.92 Å². The first-order valence-corrected chi connectivity index (χ1v) is 7.21. The van der Waals surface area contributed by atoms with Crippen molar-refractivity contribution in [1.82, 2.24) is 29.7 Å². The molecule has 8 heteroatoms. The van der Waals surface area contributed by atoms with Crippen molar-refractivity contribution in [3.8, 4) is 5.95 Å². The smallest absolute Gasteiger partial charge is 0.280 e. The summed E-state index contributed by atoms with van der Waals surface area (Å²) in [5.41, 5.74) is 1.11. The Hall–Kier alpha value is -1.93. The molecule has 0 aromatic carbocycles. The number of hydrogen-bond donors (Lipinski definition) is 1. The van der Waals surface area contributed by atoms with Crippen LogP contribution in [0.25, 0.3) is 5.95 Å². The van der Waals surface area contributed by atoms with Gasteiger partial charge in [0.1, 0.15) is 12.0 Å². The van der Waals surface area contributed by atoms with Crippen molar-refractivity contribution in [2.75, 3.05) is 26.2 Å². The molecule has 22 heavy (non-hydrogen) atoms. The summed E-state index contributed by atoms with van der Waals surface area (Å²) < 4.78 is 27.4.